The zero-order valence-corrected chi connectivity index (χ0v) is 9.68. The fourth-order valence-corrected chi connectivity index (χ4v) is 1.86. The highest BCUT2D eigenvalue weighted by atomic mass is 79.9. The molecule has 0 saturated carbocycles. The van der Waals surface area contributed by atoms with Crippen LogP contribution in [0.2, 0.25) is 0 Å². The third-order valence-electron chi connectivity index (χ3n) is 2.08. The van der Waals surface area contributed by atoms with Crippen LogP contribution in [0.5, 0.6) is 0 Å². The van der Waals surface area contributed by atoms with E-state index in [4.69, 9.17) is 0 Å². The lowest BCUT2D eigenvalue weighted by Crippen LogP contribution is -2.04. The van der Waals surface area contributed by atoms with Crippen LogP contribution in [0.1, 0.15) is 24.5 Å². The molecule has 0 bridgehead atoms. The summed E-state index contributed by atoms with van der Waals surface area (Å²) in [5.74, 6) is 0. The number of nitro groups is 1. The Hall–Kier alpha value is -0.940. The number of halogens is 1. The summed E-state index contributed by atoms with van der Waals surface area (Å²) in [6.07, 6.45) is 0.152. The second-order valence-corrected chi connectivity index (χ2v) is 4.09. The van der Waals surface area contributed by atoms with Gasteiger partial charge in [0, 0.05) is 15.8 Å². The summed E-state index contributed by atoms with van der Waals surface area (Å²) in [6.45, 7) is -0.0957. The van der Waals surface area contributed by atoms with Crippen molar-refractivity contribution in [3.05, 3.63) is 44.4 Å². The van der Waals surface area contributed by atoms with E-state index in [9.17, 15) is 15.2 Å². The molecule has 0 aliphatic heterocycles. The molecule has 0 aliphatic carbocycles. The topological polar surface area (TPSA) is 63.4 Å². The maximum Gasteiger partial charge on any atom is 0.204 e. The van der Waals surface area contributed by atoms with Gasteiger partial charge in [-0.05, 0) is 18.1 Å². The van der Waals surface area contributed by atoms with E-state index in [1.54, 1.807) is 6.07 Å². The van der Waals surface area contributed by atoms with Crippen molar-refractivity contribution in [1.29, 1.82) is 0 Å². The predicted molar refractivity (Wildman–Crippen MR) is 60.2 cm³/mol. The fraction of sp³-hybridized carbons (Fsp3) is 0.400. The number of rotatable bonds is 5. The number of aliphatic hydroxyl groups is 1. The Kier molecular flexibility index (Phi) is 4.71. The highest BCUT2D eigenvalue weighted by molar-refractivity contribution is 9.10. The molecule has 1 aromatic carbocycles. The Morgan fingerprint density at radius 1 is 1.47 bits per heavy atom. The standard InChI is InChI=1S/C10H12BrNO3/c11-9-5-2-1-4-8(9)10(13)6-3-7-12(14)15/h1-2,4-5,10,13H,3,6-7H2. The summed E-state index contributed by atoms with van der Waals surface area (Å²) in [5.41, 5.74) is 0.779. The summed E-state index contributed by atoms with van der Waals surface area (Å²) in [6, 6.07) is 7.33. The lowest BCUT2D eigenvalue weighted by molar-refractivity contribution is -0.480. The Morgan fingerprint density at radius 3 is 2.73 bits per heavy atom. The molecule has 0 radical (unpaired) electrons. The molecular weight excluding hydrogens is 262 g/mol. The maximum atomic E-state index is 10.1. The first-order valence-corrected chi connectivity index (χ1v) is 5.45. The van der Waals surface area contributed by atoms with Gasteiger partial charge in [-0.1, -0.05) is 34.1 Å². The molecule has 1 N–H and O–H groups in total. The minimum atomic E-state index is -0.638. The second kappa shape index (κ2) is 5.82. The van der Waals surface area contributed by atoms with Crippen LogP contribution in [-0.4, -0.2) is 16.6 Å². The third kappa shape index (κ3) is 3.97. The minimum Gasteiger partial charge on any atom is -0.388 e. The van der Waals surface area contributed by atoms with E-state index in [1.165, 1.54) is 0 Å². The van der Waals surface area contributed by atoms with Crippen LogP contribution in [-0.2, 0) is 0 Å². The van der Waals surface area contributed by atoms with Crippen molar-refractivity contribution in [3.63, 3.8) is 0 Å². The fourth-order valence-electron chi connectivity index (χ4n) is 1.31. The van der Waals surface area contributed by atoms with E-state index < -0.39 is 6.10 Å². The van der Waals surface area contributed by atoms with Gasteiger partial charge in [-0.15, -0.1) is 0 Å². The van der Waals surface area contributed by atoms with Gasteiger partial charge in [0.2, 0.25) is 6.54 Å². The lowest BCUT2D eigenvalue weighted by Gasteiger charge is -2.11. The van der Waals surface area contributed by atoms with Gasteiger partial charge < -0.3 is 5.11 Å². The van der Waals surface area contributed by atoms with Crippen LogP contribution in [0.4, 0.5) is 0 Å². The van der Waals surface area contributed by atoms with Crippen molar-refractivity contribution in [3.8, 4) is 0 Å². The van der Waals surface area contributed by atoms with E-state index in [1.807, 2.05) is 18.2 Å². The van der Waals surface area contributed by atoms with E-state index in [0.717, 1.165) is 10.0 Å². The number of hydrogen-bond donors (Lipinski definition) is 1. The van der Waals surface area contributed by atoms with E-state index in [2.05, 4.69) is 15.9 Å². The van der Waals surface area contributed by atoms with Gasteiger partial charge >= 0.3 is 0 Å². The van der Waals surface area contributed by atoms with Crippen LogP contribution in [0, 0.1) is 10.1 Å². The van der Waals surface area contributed by atoms with E-state index >= 15 is 0 Å². The lowest BCUT2D eigenvalue weighted by atomic mass is 10.1. The van der Waals surface area contributed by atoms with Crippen molar-refractivity contribution < 1.29 is 10.0 Å². The number of aliphatic hydroxyl groups excluding tert-OH is 1. The van der Waals surface area contributed by atoms with Gasteiger partial charge in [-0.25, -0.2) is 0 Å². The summed E-state index contributed by atoms with van der Waals surface area (Å²) in [7, 11) is 0. The molecule has 1 unspecified atom stereocenters. The van der Waals surface area contributed by atoms with Crippen molar-refractivity contribution in [1.82, 2.24) is 0 Å². The maximum absolute atomic E-state index is 10.1. The molecule has 1 rings (SSSR count). The number of hydrogen-bond acceptors (Lipinski definition) is 3. The highest BCUT2D eigenvalue weighted by Gasteiger charge is 2.11. The summed E-state index contributed by atoms with van der Waals surface area (Å²) in [5, 5.41) is 19.9. The molecule has 0 aliphatic rings. The van der Waals surface area contributed by atoms with Gasteiger partial charge in [0.1, 0.15) is 0 Å². The van der Waals surface area contributed by atoms with Gasteiger partial charge in [0.05, 0.1) is 6.10 Å². The first-order chi connectivity index (χ1) is 7.11. The molecule has 1 atom stereocenters. The van der Waals surface area contributed by atoms with Gasteiger partial charge in [0.25, 0.3) is 0 Å². The molecule has 1 aromatic rings. The highest BCUT2D eigenvalue weighted by Crippen LogP contribution is 2.25. The van der Waals surface area contributed by atoms with Crippen LogP contribution >= 0.6 is 15.9 Å². The quantitative estimate of drug-likeness (QED) is 0.663. The van der Waals surface area contributed by atoms with E-state index in [-0.39, 0.29) is 11.5 Å². The molecule has 0 aromatic heterocycles. The first-order valence-electron chi connectivity index (χ1n) is 4.65. The Labute approximate surface area is 96.2 Å². The largest absolute Gasteiger partial charge is 0.388 e. The van der Waals surface area contributed by atoms with Crippen LogP contribution in [0.25, 0.3) is 0 Å². The molecule has 5 heteroatoms. The van der Waals surface area contributed by atoms with Crippen molar-refractivity contribution >= 4 is 15.9 Å². The van der Waals surface area contributed by atoms with Crippen LogP contribution in [0.15, 0.2) is 28.7 Å². The molecule has 0 spiro atoms. The zero-order chi connectivity index (χ0) is 11.3. The SMILES string of the molecule is O=[N+]([O-])CCCC(O)c1ccccc1Br. The third-order valence-corrected chi connectivity index (χ3v) is 2.80. The Morgan fingerprint density at radius 2 is 2.13 bits per heavy atom. The Balaban J connectivity index is 2.50. The molecular formula is C10H12BrNO3. The molecule has 0 heterocycles. The summed E-state index contributed by atoms with van der Waals surface area (Å²) >= 11 is 3.32. The monoisotopic (exact) mass is 273 g/mol. The van der Waals surface area contributed by atoms with Crippen molar-refractivity contribution in [2.75, 3.05) is 6.54 Å². The normalized spacial score (nSPS) is 12.4. The summed E-state index contributed by atoms with van der Waals surface area (Å²) < 4.78 is 0.832. The average molecular weight is 274 g/mol. The van der Waals surface area contributed by atoms with Crippen LogP contribution in [0.3, 0.4) is 0 Å². The molecule has 0 saturated heterocycles. The minimum absolute atomic E-state index is 0.0957. The van der Waals surface area contributed by atoms with Gasteiger partial charge in [-0.2, -0.15) is 0 Å². The molecule has 0 amide bonds. The van der Waals surface area contributed by atoms with Crippen molar-refractivity contribution in [2.24, 2.45) is 0 Å². The number of nitrogens with zero attached hydrogens (tertiary/aromatic N) is 1. The van der Waals surface area contributed by atoms with Crippen LogP contribution < -0.4 is 0 Å². The van der Waals surface area contributed by atoms with Gasteiger partial charge in [-0.3, -0.25) is 10.1 Å². The van der Waals surface area contributed by atoms with Gasteiger partial charge in [0.15, 0.2) is 0 Å². The molecule has 4 nitrogen and oxygen atoms in total. The first kappa shape index (κ1) is 12.1. The smallest absolute Gasteiger partial charge is 0.204 e. The molecule has 82 valence electrons. The zero-order valence-electron chi connectivity index (χ0n) is 8.10. The molecule has 0 fully saturated rings. The second-order valence-electron chi connectivity index (χ2n) is 3.24. The van der Waals surface area contributed by atoms with E-state index in [0.29, 0.717) is 12.8 Å². The predicted octanol–water partition coefficient (Wildman–Crippen LogP) is 2.54. The average Bonchev–Trinajstić information content (AvgIpc) is 2.17. The summed E-state index contributed by atoms with van der Waals surface area (Å²) in [4.78, 5) is 9.73. The van der Waals surface area contributed by atoms with Crippen molar-refractivity contribution in [2.45, 2.75) is 18.9 Å². The Bertz CT molecular complexity index is 343. The number of benzene rings is 1. The molecule has 15 heavy (non-hydrogen) atoms.